The van der Waals surface area contributed by atoms with Crippen molar-refractivity contribution >= 4 is 74.6 Å². The van der Waals surface area contributed by atoms with Crippen molar-refractivity contribution in [2.45, 2.75) is 34.7 Å². The third-order valence-electron chi connectivity index (χ3n) is 0.818. The zero-order valence-electron chi connectivity index (χ0n) is 12.3. The van der Waals surface area contributed by atoms with Crippen LogP contribution >= 0.6 is 46.2 Å². The minimum absolute atomic E-state index is 0. The van der Waals surface area contributed by atoms with Crippen LogP contribution in [0.15, 0.2) is 15.4 Å². The summed E-state index contributed by atoms with van der Waals surface area (Å²) in [6, 6.07) is 0.222. The van der Waals surface area contributed by atoms with Gasteiger partial charge in [0.2, 0.25) is 22.0 Å². The fourth-order valence-electron chi connectivity index (χ4n) is 0.328. The summed E-state index contributed by atoms with van der Waals surface area (Å²) in [7, 11) is 11.1. The predicted octanol–water partition coefficient (Wildman–Crippen LogP) is 2.90. The monoisotopic (exact) mass is 452 g/mol. The number of hydrogen-bond donors (Lipinski definition) is 2. The van der Waals surface area contributed by atoms with Crippen LogP contribution in [0, 0.1) is 0 Å². The first kappa shape index (κ1) is 43.6. The number of amides is 2. The Labute approximate surface area is 168 Å². The Morgan fingerprint density at radius 1 is 1.04 bits per heavy atom. The number of nitrogens with one attached hydrogen (secondary N) is 2. The molecule has 0 aliphatic carbocycles. The maximum Gasteiger partial charge on any atom is 0.225 e. The molecule has 0 saturated carbocycles. The fourth-order valence-corrected chi connectivity index (χ4v) is 0.328. The van der Waals surface area contributed by atoms with Crippen molar-refractivity contribution in [3.8, 4) is 0 Å². The van der Waals surface area contributed by atoms with Crippen LogP contribution in [0.5, 0.6) is 0 Å². The largest absolute Gasteiger partial charge is 0.367 e. The highest BCUT2D eigenvalue weighted by molar-refractivity contribution is 8.26. The molecule has 0 atom stereocenters. The Morgan fingerprint density at radius 3 is 1.58 bits per heavy atom. The van der Waals surface area contributed by atoms with E-state index >= 15 is 0 Å². The lowest BCUT2D eigenvalue weighted by Crippen LogP contribution is -2.28. The summed E-state index contributed by atoms with van der Waals surface area (Å²) < 4.78 is 9.09. The van der Waals surface area contributed by atoms with Crippen LogP contribution < -0.4 is 10.9 Å². The van der Waals surface area contributed by atoms with Crippen LogP contribution in [-0.4, -0.2) is 48.4 Å². The van der Waals surface area contributed by atoms with Gasteiger partial charge in [0.25, 0.3) is 0 Å². The number of hydrogen-bond acceptors (Lipinski definition) is 5. The van der Waals surface area contributed by atoms with E-state index < -0.39 is 9.23 Å². The van der Waals surface area contributed by atoms with Crippen molar-refractivity contribution in [3.63, 3.8) is 0 Å². The molecule has 0 rings (SSSR count). The molecular formula is C10H28Cl4N6O3S. The molecule has 0 saturated heterocycles. The maximum absolute atomic E-state index is 9.23. The minimum atomic E-state index is -1.67. The van der Waals surface area contributed by atoms with Crippen LogP contribution in [-0.2, 0) is 18.8 Å². The molecule has 0 heterocycles. The van der Waals surface area contributed by atoms with Crippen molar-refractivity contribution in [3.05, 3.63) is 0 Å². The van der Waals surface area contributed by atoms with E-state index in [9.17, 15) is 9.59 Å². The molecule has 2 amide bonds. The normalized spacial score (nSPS) is 8.00. The van der Waals surface area contributed by atoms with E-state index in [-0.39, 0.29) is 45.7 Å². The van der Waals surface area contributed by atoms with E-state index in [1.165, 1.54) is 0 Å². The number of hydrazine groups is 1. The molecule has 150 valence electrons. The van der Waals surface area contributed by atoms with Gasteiger partial charge in [0.15, 0.2) is 0 Å². The van der Waals surface area contributed by atoms with Gasteiger partial charge in [-0.25, -0.2) is 4.21 Å². The molecule has 9 nitrogen and oxygen atoms in total. The molecule has 0 aromatic rings. The molecule has 0 aliphatic rings. The Bertz CT molecular complexity index is 295. The van der Waals surface area contributed by atoms with Crippen molar-refractivity contribution in [2.24, 2.45) is 15.4 Å². The van der Waals surface area contributed by atoms with Gasteiger partial charge in [0.1, 0.15) is 6.34 Å². The molecule has 2 N–H and O–H groups in total. The van der Waals surface area contributed by atoms with Gasteiger partial charge in [0.05, 0.1) is 6.04 Å². The zero-order chi connectivity index (χ0) is 16.4. The van der Waals surface area contributed by atoms with Crippen LogP contribution in [0.2, 0.25) is 0 Å². The Balaban J connectivity index is -0.0000000364. The molecule has 0 bridgehead atoms. The van der Waals surface area contributed by atoms with Gasteiger partial charge in [-0.3, -0.25) is 20.4 Å². The summed E-state index contributed by atoms with van der Waals surface area (Å²) in [5.74, 6) is 0. The number of nitrogens with zero attached hydrogens (tertiary/aromatic N) is 4. The molecule has 0 aromatic carbocycles. The van der Waals surface area contributed by atoms with Crippen LogP contribution in [0.1, 0.15) is 28.7 Å². The first-order valence-electron chi connectivity index (χ1n) is 5.00. The highest BCUT2D eigenvalue weighted by atomic mass is 36.0. The molecule has 0 fully saturated rings. The third kappa shape index (κ3) is 101. The van der Waals surface area contributed by atoms with Gasteiger partial charge < -0.3 is 4.90 Å². The Hall–Kier alpha value is -0.680. The average molecular weight is 454 g/mol. The van der Waals surface area contributed by atoms with Gasteiger partial charge in [-0.15, -0.1) is 29.9 Å². The maximum atomic E-state index is 9.23. The van der Waals surface area contributed by atoms with E-state index in [2.05, 4.69) is 36.8 Å². The molecule has 0 aromatic heterocycles. The number of carbonyl (C=O) groups excluding carboxylic acids is 2. The lowest BCUT2D eigenvalue weighted by Gasteiger charge is -1.98. The quantitative estimate of drug-likeness (QED) is 0.122. The second-order valence-corrected chi connectivity index (χ2v) is 5.73. The van der Waals surface area contributed by atoms with Gasteiger partial charge in [-0.1, -0.05) is 14.9 Å². The van der Waals surface area contributed by atoms with E-state index in [1.807, 2.05) is 38.8 Å². The van der Waals surface area contributed by atoms with Gasteiger partial charge in [0, 0.05) is 35.5 Å². The summed E-state index contributed by atoms with van der Waals surface area (Å²) in [5, 5.41) is 11.0. The van der Waals surface area contributed by atoms with Gasteiger partial charge >= 0.3 is 0 Å². The van der Waals surface area contributed by atoms with Crippen molar-refractivity contribution in [1.82, 2.24) is 15.8 Å². The fraction of sp³-hybridized carbons (Fsp3) is 0.700. The van der Waals surface area contributed by atoms with E-state index in [4.69, 9.17) is 4.21 Å². The highest BCUT2D eigenvalue weighted by Crippen LogP contribution is 1.89. The number of rotatable bonds is 6. The van der Waals surface area contributed by atoms with Crippen LogP contribution in [0.25, 0.3) is 0 Å². The predicted molar refractivity (Wildman–Crippen MR) is 108 cm³/mol. The third-order valence-corrected chi connectivity index (χ3v) is 0.818. The standard InChI is InChI=1S/C6H14N4.C2H4N2O2.2CH4.Cl2OS.2ClH/c1-6(2)8-9-7-5-10(3)4;5-1-3-4-2-6;;;1-4(2)3;;/h5-6H,1-4H3;1-2H,(H,3,5)(H,4,6);2*1H4;;2*1H/b7-5+,9-8?;;;;;;. The van der Waals surface area contributed by atoms with Gasteiger partial charge in [-0.05, 0) is 19.1 Å². The molecule has 14 heteroatoms. The molecule has 24 heavy (non-hydrogen) atoms. The van der Waals surface area contributed by atoms with E-state index in [0.717, 1.165) is 0 Å². The second-order valence-electron chi connectivity index (χ2n) is 3.20. The smallest absolute Gasteiger partial charge is 0.225 e. The first-order valence-corrected chi connectivity index (χ1v) is 7.80. The van der Waals surface area contributed by atoms with Crippen molar-refractivity contribution in [2.75, 3.05) is 14.1 Å². The minimum Gasteiger partial charge on any atom is -0.367 e. The van der Waals surface area contributed by atoms with Gasteiger partial charge in [-0.2, -0.15) is 5.11 Å². The topological polar surface area (TPSA) is 116 Å². The highest BCUT2D eigenvalue weighted by Gasteiger charge is 1.82. The Kier molecular flexibility index (Phi) is 69.2. The number of halogens is 4. The lowest BCUT2D eigenvalue weighted by molar-refractivity contribution is -0.116. The summed E-state index contributed by atoms with van der Waals surface area (Å²) in [4.78, 5) is 20.3. The molecule has 0 spiro atoms. The first-order chi connectivity index (χ1) is 9.27. The lowest BCUT2D eigenvalue weighted by atomic mass is 10.4. The Morgan fingerprint density at radius 2 is 1.38 bits per heavy atom. The average Bonchev–Trinajstić information content (AvgIpc) is 2.32. The summed E-state index contributed by atoms with van der Waals surface area (Å²) in [6.07, 6.45) is 2.34. The van der Waals surface area contributed by atoms with E-state index in [0.29, 0.717) is 12.8 Å². The summed E-state index contributed by atoms with van der Waals surface area (Å²) >= 11 is 0. The van der Waals surface area contributed by atoms with Crippen molar-refractivity contribution < 1.29 is 13.8 Å². The molecule has 0 unspecified atom stereocenters. The molecule has 0 radical (unpaired) electrons. The molecule has 0 aliphatic heterocycles. The van der Waals surface area contributed by atoms with Crippen LogP contribution in [0.4, 0.5) is 0 Å². The van der Waals surface area contributed by atoms with Crippen LogP contribution in [0.3, 0.4) is 0 Å². The van der Waals surface area contributed by atoms with Crippen molar-refractivity contribution in [1.29, 1.82) is 0 Å². The molecular weight excluding hydrogens is 426 g/mol. The summed E-state index contributed by atoms with van der Waals surface area (Å²) in [6.45, 7) is 3.91. The second kappa shape index (κ2) is 38.1. The number of carbonyl (C=O) groups is 2. The summed E-state index contributed by atoms with van der Waals surface area (Å²) in [5.41, 5.74) is 3.80. The zero-order valence-corrected chi connectivity index (χ0v) is 16.3. The van der Waals surface area contributed by atoms with E-state index in [1.54, 1.807) is 11.2 Å². The SMILES string of the molecule is C.C.CC(C)N=N/N=C/N(C)C.Cl.Cl.O=CNNC=O.O=S(Cl)Cl.